The van der Waals surface area contributed by atoms with Crippen molar-refractivity contribution in [3.63, 3.8) is 0 Å². The third kappa shape index (κ3) is 335. The van der Waals surface area contributed by atoms with Crippen molar-refractivity contribution in [3.8, 4) is 0 Å². The Hall–Kier alpha value is 1.41. The molecule has 0 aromatic heterocycles. The van der Waals surface area contributed by atoms with Gasteiger partial charge in [0.15, 0.2) is 0 Å². The van der Waals surface area contributed by atoms with E-state index in [1.807, 2.05) is 0 Å². The van der Waals surface area contributed by atoms with Crippen molar-refractivity contribution >= 4 is 0 Å². The van der Waals surface area contributed by atoms with Gasteiger partial charge in [-0.15, -0.1) is 0 Å². The monoisotopic (exact) mass is 292 g/mol. The second kappa shape index (κ2) is 465. The van der Waals surface area contributed by atoms with Crippen LogP contribution in [0.25, 0.3) is 0 Å². The topological polar surface area (TPSA) is 218 Å². The van der Waals surface area contributed by atoms with Crippen LogP contribution >= 0.6 is 0 Å². The van der Waals surface area contributed by atoms with Gasteiger partial charge in [-0.25, -0.2) is 0 Å². The van der Waals surface area contributed by atoms with E-state index in [1.165, 1.54) is 0 Å². The Balaban J connectivity index is 0. The summed E-state index contributed by atoms with van der Waals surface area (Å²) in [6.07, 6.45) is 0. The Morgan fingerprint density at radius 1 is 0.400 bits per heavy atom. The molecule has 0 spiro atoms. The summed E-state index contributed by atoms with van der Waals surface area (Å²) < 4.78 is 0. The van der Waals surface area contributed by atoms with E-state index in [0.29, 0.717) is 0 Å². The first-order valence-corrected chi connectivity index (χ1v) is 0. The van der Waals surface area contributed by atoms with Gasteiger partial charge in [-0.1, -0.05) is 0 Å². The second-order valence-corrected chi connectivity index (χ2v) is 0. The molecular weight excluding hydrogens is 281 g/mol. The van der Waals surface area contributed by atoms with E-state index in [9.17, 15) is 0 Å². The fourth-order valence-corrected chi connectivity index (χ4v) is 0. The quantitative estimate of drug-likeness (QED) is 0.403. The zero-order chi connectivity index (χ0) is 0. The summed E-state index contributed by atoms with van der Waals surface area (Å²) in [5, 5.41) is 0. The Labute approximate surface area is 92.4 Å². The molecule has 0 atom stereocenters. The van der Waals surface area contributed by atoms with Crippen molar-refractivity contribution < 1.29 is 92.5 Å². The van der Waals surface area contributed by atoms with Gasteiger partial charge in [-0.3, -0.25) is 0 Å². The molecule has 10 heavy (non-hydrogen) atoms. The molecule has 0 aliphatic carbocycles. The third-order valence-corrected chi connectivity index (χ3v) is 0. The first kappa shape index (κ1) is 623. The van der Waals surface area contributed by atoms with Gasteiger partial charge in [-0.2, -0.15) is 0 Å². The minimum absolute atomic E-state index is 0. The van der Waals surface area contributed by atoms with Gasteiger partial charge >= 0.3 is 19.5 Å². The summed E-state index contributed by atoms with van der Waals surface area (Å²) in [7, 11) is 0. The predicted molar refractivity (Wildman–Crippen MR) is 21.9 cm³/mol. The Bertz CT molecular complexity index is 11.6. The van der Waals surface area contributed by atoms with Crippen LogP contribution in [0.2, 0.25) is 0 Å². The van der Waals surface area contributed by atoms with Crippen molar-refractivity contribution in [1.29, 1.82) is 0 Å². The first-order valence-electron chi connectivity index (χ1n) is 0. The van der Waals surface area contributed by atoms with Crippen LogP contribution in [0.4, 0.5) is 0 Å². The van der Waals surface area contributed by atoms with E-state index in [4.69, 9.17) is 0 Å². The number of hydrogen-bond donors (Lipinski definition) is 0. The molecule has 0 saturated heterocycles. The van der Waals surface area contributed by atoms with Gasteiger partial charge in [0.1, 0.15) is 0 Å². The van der Waals surface area contributed by atoms with Gasteiger partial charge in [0.05, 0.1) is 0 Å². The molecule has 7 nitrogen and oxygen atoms in total. The first-order chi connectivity index (χ1) is 0. The van der Waals surface area contributed by atoms with E-state index in [1.54, 1.807) is 0 Å². The molecule has 0 aromatic carbocycles. The molecule has 0 heterocycles. The van der Waals surface area contributed by atoms with Crippen LogP contribution in [0, 0.1) is 0 Å². The number of hydrogen-bond acceptors (Lipinski definition) is 2. The molecule has 0 amide bonds. The van der Waals surface area contributed by atoms with Crippen LogP contribution in [0.5, 0.6) is 0 Å². The fraction of sp³-hybridized carbons (Fsp3) is 0. The maximum atomic E-state index is 0. The smallest absolute Gasteiger partial charge is 0.870 e. The standard InChI is InChI=1S/2Cr.7H2O.Zn/h;;7*1H2;/q;;;;;;;;;+2/p-2. The third-order valence-electron chi connectivity index (χ3n) is 0. The van der Waals surface area contributed by atoms with Crippen LogP contribution < -0.4 is 0 Å². The van der Waals surface area contributed by atoms with Crippen molar-refractivity contribution in [3.05, 3.63) is 0 Å². The van der Waals surface area contributed by atoms with Gasteiger partial charge in [0.25, 0.3) is 0 Å². The van der Waals surface area contributed by atoms with E-state index < -0.39 is 0 Å². The van der Waals surface area contributed by atoms with Crippen LogP contribution in [0.1, 0.15) is 0 Å². The molecule has 0 radical (unpaired) electrons. The summed E-state index contributed by atoms with van der Waals surface area (Å²) in [5.74, 6) is 0. The number of rotatable bonds is 0. The zero-order valence-corrected chi connectivity index (χ0v) is 10.4. The molecule has 10 heteroatoms. The molecule has 0 saturated carbocycles. The molecule has 0 aliphatic heterocycles. The average molecular weight is 293 g/mol. The molecule has 0 aliphatic rings. The molecule has 0 bridgehead atoms. The Morgan fingerprint density at radius 2 is 0.400 bits per heavy atom. The van der Waals surface area contributed by atoms with Crippen molar-refractivity contribution in [2.75, 3.05) is 0 Å². The van der Waals surface area contributed by atoms with Gasteiger partial charge in [0.2, 0.25) is 0 Å². The Morgan fingerprint density at radius 3 is 0.400 bits per heavy atom. The molecule has 0 aromatic rings. The van der Waals surface area contributed by atoms with Crippen LogP contribution in [0.15, 0.2) is 0 Å². The van der Waals surface area contributed by atoms with Crippen molar-refractivity contribution in [1.82, 2.24) is 0 Å². The summed E-state index contributed by atoms with van der Waals surface area (Å²) in [5.41, 5.74) is 0. The molecular formula is H12Cr2O7Zn. The van der Waals surface area contributed by atoms with Gasteiger partial charge in [-0.05, 0) is 0 Å². The summed E-state index contributed by atoms with van der Waals surface area (Å²) >= 11 is 0. The minimum Gasteiger partial charge on any atom is -0.870 e. The van der Waals surface area contributed by atoms with E-state index in [0.717, 1.165) is 0 Å². The van der Waals surface area contributed by atoms with Gasteiger partial charge in [0, 0.05) is 34.7 Å². The van der Waals surface area contributed by atoms with E-state index in [-0.39, 0.29) is 92.5 Å². The van der Waals surface area contributed by atoms with E-state index >= 15 is 0 Å². The van der Waals surface area contributed by atoms with Crippen LogP contribution in [0.3, 0.4) is 0 Å². The normalized spacial score (nSPS) is 0. The summed E-state index contributed by atoms with van der Waals surface area (Å²) in [6, 6.07) is 0. The van der Waals surface area contributed by atoms with Gasteiger partial charge < -0.3 is 38.3 Å². The largest absolute Gasteiger partial charge is 2.00 e. The van der Waals surface area contributed by atoms with Crippen molar-refractivity contribution in [2.45, 2.75) is 0 Å². The second-order valence-electron chi connectivity index (χ2n) is 0. The zero-order valence-electron chi connectivity index (χ0n) is 4.92. The summed E-state index contributed by atoms with van der Waals surface area (Å²) in [6.45, 7) is 0. The summed E-state index contributed by atoms with van der Waals surface area (Å²) in [4.78, 5) is 0. The average Bonchev–Trinajstić information content (AvgIpc) is 0. The van der Waals surface area contributed by atoms with Crippen LogP contribution in [-0.4, -0.2) is 38.3 Å². The molecule has 0 unspecified atom stereocenters. The van der Waals surface area contributed by atoms with Crippen LogP contribution in [-0.2, 0) is 54.2 Å². The molecule has 0 fully saturated rings. The van der Waals surface area contributed by atoms with E-state index in [2.05, 4.69) is 0 Å². The Kier molecular flexibility index (Phi) is 28900. The SMILES string of the molecule is O.O.O.O.O.[Cr].[Cr].[OH-].[OH-].[Zn+2]. The molecule has 12 N–H and O–H groups in total. The minimum atomic E-state index is 0. The maximum absolute atomic E-state index is 0. The predicted octanol–water partition coefficient (Wildman–Crippen LogP) is -4.48. The fourth-order valence-electron chi connectivity index (χ4n) is 0. The maximum Gasteiger partial charge on any atom is 2.00 e. The molecule has 68 valence electrons. The molecule has 0 rings (SSSR count). The van der Waals surface area contributed by atoms with Crippen molar-refractivity contribution in [2.24, 2.45) is 0 Å².